The molecule has 0 aliphatic heterocycles. The van der Waals surface area contributed by atoms with Gasteiger partial charge in [-0.15, -0.1) is 13.2 Å². The number of hydrogen-bond acceptors (Lipinski definition) is 3. The summed E-state index contributed by atoms with van der Waals surface area (Å²) >= 11 is 0. The molecule has 0 amide bonds. The Bertz CT molecular complexity index is 505. The van der Waals surface area contributed by atoms with Gasteiger partial charge in [0.15, 0.2) is 0 Å². The zero-order valence-electron chi connectivity index (χ0n) is 11.1. The molecule has 1 aromatic rings. The molecule has 0 saturated carbocycles. The van der Waals surface area contributed by atoms with Gasteiger partial charge in [-0.2, -0.15) is 0 Å². The Hall–Kier alpha value is -2.18. The molecule has 1 aromatic carbocycles. The van der Waals surface area contributed by atoms with Crippen molar-refractivity contribution >= 4 is 11.5 Å². The number of halogens is 3. The summed E-state index contributed by atoms with van der Waals surface area (Å²) in [5.41, 5.74) is 12.4. The summed E-state index contributed by atoms with van der Waals surface area (Å²) < 4.78 is 39.7. The SMILES string of the molecule is CC(C)C(N)=CC(N)=Nc1ccc(OC(F)(F)F)cc1. The second kappa shape index (κ2) is 6.31. The van der Waals surface area contributed by atoms with Gasteiger partial charge < -0.3 is 16.2 Å². The molecule has 7 heteroatoms. The van der Waals surface area contributed by atoms with Gasteiger partial charge in [0.1, 0.15) is 11.6 Å². The number of alkyl halides is 3. The Morgan fingerprint density at radius 2 is 1.75 bits per heavy atom. The van der Waals surface area contributed by atoms with Crippen molar-refractivity contribution in [2.75, 3.05) is 0 Å². The van der Waals surface area contributed by atoms with Crippen molar-refractivity contribution in [3.8, 4) is 5.75 Å². The van der Waals surface area contributed by atoms with Gasteiger partial charge in [-0.3, -0.25) is 0 Å². The minimum Gasteiger partial charge on any atom is -0.406 e. The lowest BCUT2D eigenvalue weighted by Gasteiger charge is -2.08. The van der Waals surface area contributed by atoms with Crippen LogP contribution < -0.4 is 16.2 Å². The largest absolute Gasteiger partial charge is 0.573 e. The number of nitrogens with two attached hydrogens (primary N) is 2. The van der Waals surface area contributed by atoms with E-state index < -0.39 is 6.36 Å². The van der Waals surface area contributed by atoms with E-state index in [0.717, 1.165) is 12.1 Å². The summed E-state index contributed by atoms with van der Waals surface area (Å²) in [6.45, 7) is 3.81. The van der Waals surface area contributed by atoms with Crippen LogP contribution in [-0.2, 0) is 0 Å². The van der Waals surface area contributed by atoms with Gasteiger partial charge in [0.2, 0.25) is 0 Å². The van der Waals surface area contributed by atoms with Gasteiger partial charge in [-0.05, 0) is 36.3 Å². The van der Waals surface area contributed by atoms with Gasteiger partial charge in [0, 0.05) is 5.70 Å². The molecule has 0 fully saturated rings. The molecule has 0 aliphatic carbocycles. The molecule has 110 valence electrons. The topological polar surface area (TPSA) is 73.6 Å². The molecule has 0 aliphatic rings. The first-order valence-electron chi connectivity index (χ1n) is 5.84. The maximum absolute atomic E-state index is 12.0. The maximum atomic E-state index is 12.0. The van der Waals surface area contributed by atoms with Crippen LogP contribution in [0.15, 0.2) is 41.0 Å². The summed E-state index contributed by atoms with van der Waals surface area (Å²) in [7, 11) is 0. The number of aliphatic imine (C=N–C) groups is 1. The maximum Gasteiger partial charge on any atom is 0.573 e. The molecule has 20 heavy (non-hydrogen) atoms. The number of amidine groups is 1. The van der Waals surface area contributed by atoms with Crippen molar-refractivity contribution in [3.05, 3.63) is 36.0 Å². The molecular formula is C13H16F3N3O. The molecule has 0 spiro atoms. The first kappa shape index (κ1) is 15.9. The normalized spacial score (nSPS) is 13.7. The van der Waals surface area contributed by atoms with Crippen LogP contribution >= 0.6 is 0 Å². The van der Waals surface area contributed by atoms with Crippen LogP contribution in [0.4, 0.5) is 18.9 Å². The van der Waals surface area contributed by atoms with Crippen LogP contribution in [0.3, 0.4) is 0 Å². The average Bonchev–Trinajstić information content (AvgIpc) is 2.29. The standard InChI is InChI=1S/C13H16F3N3O/c1-8(2)11(17)7-12(18)19-9-3-5-10(6-4-9)20-13(14,15)16/h3-8H,17H2,1-2H3,(H2,18,19). The first-order chi connectivity index (χ1) is 9.17. The molecule has 0 aromatic heterocycles. The minimum atomic E-state index is -4.71. The van der Waals surface area contributed by atoms with Gasteiger partial charge in [-0.25, -0.2) is 4.99 Å². The molecule has 0 bridgehead atoms. The number of nitrogens with zero attached hydrogens (tertiary/aromatic N) is 1. The molecule has 0 atom stereocenters. The zero-order chi connectivity index (χ0) is 15.3. The van der Waals surface area contributed by atoms with E-state index in [-0.39, 0.29) is 17.5 Å². The summed E-state index contributed by atoms with van der Waals surface area (Å²) in [5, 5.41) is 0. The Morgan fingerprint density at radius 3 is 2.20 bits per heavy atom. The van der Waals surface area contributed by atoms with Crippen LogP contribution in [0.25, 0.3) is 0 Å². The highest BCUT2D eigenvalue weighted by atomic mass is 19.4. The molecule has 0 radical (unpaired) electrons. The van der Waals surface area contributed by atoms with Crippen LogP contribution in [0.5, 0.6) is 5.75 Å². The van der Waals surface area contributed by atoms with E-state index in [1.165, 1.54) is 18.2 Å². The summed E-state index contributed by atoms with van der Waals surface area (Å²) in [6.07, 6.45) is -3.19. The van der Waals surface area contributed by atoms with E-state index in [4.69, 9.17) is 11.5 Å². The van der Waals surface area contributed by atoms with E-state index in [9.17, 15) is 13.2 Å². The first-order valence-corrected chi connectivity index (χ1v) is 5.84. The molecule has 4 N–H and O–H groups in total. The Labute approximate surface area is 114 Å². The predicted molar refractivity (Wildman–Crippen MR) is 71.5 cm³/mol. The molecule has 0 heterocycles. The van der Waals surface area contributed by atoms with E-state index in [1.54, 1.807) is 0 Å². The van der Waals surface area contributed by atoms with Crippen molar-refractivity contribution in [2.45, 2.75) is 20.2 Å². The van der Waals surface area contributed by atoms with E-state index in [1.807, 2.05) is 13.8 Å². The highest BCUT2D eigenvalue weighted by Gasteiger charge is 2.30. The summed E-state index contributed by atoms with van der Waals surface area (Å²) in [6, 6.07) is 5.06. The smallest absolute Gasteiger partial charge is 0.406 e. The highest BCUT2D eigenvalue weighted by molar-refractivity contribution is 5.93. The lowest BCUT2D eigenvalue weighted by atomic mass is 10.1. The lowest BCUT2D eigenvalue weighted by molar-refractivity contribution is -0.274. The third-order valence-electron chi connectivity index (χ3n) is 2.31. The Kier molecular flexibility index (Phi) is 5.01. The van der Waals surface area contributed by atoms with Gasteiger partial charge in [0.05, 0.1) is 5.69 Å². The molecule has 0 saturated heterocycles. The van der Waals surface area contributed by atoms with Crippen LogP contribution in [0.2, 0.25) is 0 Å². The van der Waals surface area contributed by atoms with Crippen LogP contribution in [0, 0.1) is 5.92 Å². The fourth-order valence-corrected chi connectivity index (χ4v) is 1.24. The fraction of sp³-hybridized carbons (Fsp3) is 0.308. The molecule has 0 unspecified atom stereocenters. The number of hydrogen-bond donors (Lipinski definition) is 2. The zero-order valence-corrected chi connectivity index (χ0v) is 11.1. The molecule has 1 rings (SSSR count). The van der Waals surface area contributed by atoms with Gasteiger partial charge in [0.25, 0.3) is 0 Å². The van der Waals surface area contributed by atoms with Crippen molar-refractivity contribution in [3.63, 3.8) is 0 Å². The Morgan fingerprint density at radius 1 is 1.20 bits per heavy atom. The number of allylic oxidation sites excluding steroid dienone is 1. The number of rotatable bonds is 4. The monoisotopic (exact) mass is 287 g/mol. The second-order valence-corrected chi connectivity index (χ2v) is 4.38. The molecule has 4 nitrogen and oxygen atoms in total. The van der Waals surface area contributed by atoms with E-state index in [0.29, 0.717) is 11.4 Å². The summed E-state index contributed by atoms with van der Waals surface area (Å²) in [5.74, 6) is -0.000686. The van der Waals surface area contributed by atoms with Gasteiger partial charge in [-0.1, -0.05) is 13.8 Å². The quantitative estimate of drug-likeness (QED) is 0.660. The van der Waals surface area contributed by atoms with Crippen molar-refractivity contribution < 1.29 is 17.9 Å². The Balaban J connectivity index is 2.82. The van der Waals surface area contributed by atoms with Crippen LogP contribution in [-0.4, -0.2) is 12.2 Å². The second-order valence-electron chi connectivity index (χ2n) is 4.38. The third-order valence-corrected chi connectivity index (χ3v) is 2.31. The van der Waals surface area contributed by atoms with Crippen molar-refractivity contribution in [1.29, 1.82) is 0 Å². The summed E-state index contributed by atoms with van der Waals surface area (Å²) in [4.78, 5) is 4.02. The van der Waals surface area contributed by atoms with Crippen LogP contribution in [0.1, 0.15) is 13.8 Å². The van der Waals surface area contributed by atoms with Gasteiger partial charge >= 0.3 is 6.36 Å². The lowest BCUT2D eigenvalue weighted by Crippen LogP contribution is -2.17. The molecular weight excluding hydrogens is 271 g/mol. The number of ether oxygens (including phenoxy) is 1. The highest BCUT2D eigenvalue weighted by Crippen LogP contribution is 2.24. The van der Waals surface area contributed by atoms with E-state index >= 15 is 0 Å². The minimum absolute atomic E-state index is 0.131. The predicted octanol–water partition coefficient (Wildman–Crippen LogP) is 3.07. The average molecular weight is 287 g/mol. The van der Waals surface area contributed by atoms with Crippen molar-refractivity contribution in [1.82, 2.24) is 0 Å². The number of benzene rings is 1. The fourth-order valence-electron chi connectivity index (χ4n) is 1.24. The third kappa shape index (κ3) is 5.64. The van der Waals surface area contributed by atoms with E-state index in [2.05, 4.69) is 9.73 Å². The van der Waals surface area contributed by atoms with Crippen molar-refractivity contribution in [2.24, 2.45) is 22.4 Å².